The lowest BCUT2D eigenvalue weighted by Crippen LogP contribution is -2.08. The van der Waals surface area contributed by atoms with Gasteiger partial charge in [-0.25, -0.2) is 0 Å². The van der Waals surface area contributed by atoms with Gasteiger partial charge in [-0.2, -0.15) is 0 Å². The number of rotatable bonds is 5. The molecule has 0 heterocycles. The average Bonchev–Trinajstić information content (AvgIpc) is 2.28. The summed E-state index contributed by atoms with van der Waals surface area (Å²) in [4.78, 5) is 0. The van der Waals surface area contributed by atoms with E-state index in [9.17, 15) is 0 Å². The lowest BCUT2D eigenvalue weighted by molar-refractivity contribution is 0.239. The third-order valence-corrected chi connectivity index (χ3v) is 2.42. The van der Waals surface area contributed by atoms with E-state index in [0.29, 0.717) is 0 Å². The van der Waals surface area contributed by atoms with E-state index in [1.54, 1.807) is 7.11 Å². The van der Waals surface area contributed by atoms with Gasteiger partial charge in [0.25, 0.3) is 0 Å². The first-order valence-electron chi connectivity index (χ1n) is 5.55. The molecule has 1 unspecified atom stereocenters. The number of methoxy groups -OCH3 is 1. The van der Waals surface area contributed by atoms with Crippen LogP contribution in [0.15, 0.2) is 30.9 Å². The van der Waals surface area contributed by atoms with Gasteiger partial charge in [-0.15, -0.1) is 6.58 Å². The Morgan fingerprint density at radius 3 is 2.44 bits per heavy atom. The summed E-state index contributed by atoms with van der Waals surface area (Å²) in [7, 11) is 1.67. The lowest BCUT2D eigenvalue weighted by Gasteiger charge is -2.17. The van der Waals surface area contributed by atoms with Crippen LogP contribution in [-0.4, -0.2) is 13.2 Å². The third-order valence-electron chi connectivity index (χ3n) is 2.42. The maximum atomic E-state index is 5.76. The van der Waals surface area contributed by atoms with E-state index in [4.69, 9.17) is 9.47 Å². The summed E-state index contributed by atoms with van der Waals surface area (Å²) in [5.74, 6) is 2.01. The zero-order valence-corrected chi connectivity index (χ0v) is 10.5. The van der Waals surface area contributed by atoms with Gasteiger partial charge in [0.05, 0.1) is 13.2 Å². The van der Waals surface area contributed by atoms with Gasteiger partial charge in [0.15, 0.2) is 0 Å². The molecule has 1 atom stereocenters. The zero-order chi connectivity index (χ0) is 12.1. The second-order valence-corrected chi connectivity index (χ2v) is 4.09. The van der Waals surface area contributed by atoms with Crippen LogP contribution in [0.1, 0.15) is 32.3 Å². The number of allylic oxidation sites excluding steroid dienone is 1. The Kier molecular flexibility index (Phi) is 4.41. The Bertz CT molecular complexity index is 356. The molecule has 0 aliphatic carbocycles. The van der Waals surface area contributed by atoms with Crippen LogP contribution in [-0.2, 0) is 0 Å². The summed E-state index contributed by atoms with van der Waals surface area (Å²) >= 11 is 0. The number of benzene rings is 1. The second kappa shape index (κ2) is 5.59. The van der Waals surface area contributed by atoms with E-state index in [1.165, 1.54) is 0 Å². The van der Waals surface area contributed by atoms with Crippen molar-refractivity contribution in [3.8, 4) is 11.5 Å². The highest BCUT2D eigenvalue weighted by molar-refractivity contribution is 5.43. The molecule has 0 aliphatic heterocycles. The van der Waals surface area contributed by atoms with Crippen LogP contribution >= 0.6 is 0 Å². The lowest BCUT2D eigenvalue weighted by atomic mass is 10.00. The summed E-state index contributed by atoms with van der Waals surface area (Å²) in [6.45, 7) is 9.95. The molecule has 1 aromatic rings. The van der Waals surface area contributed by atoms with E-state index in [2.05, 4.69) is 13.5 Å². The van der Waals surface area contributed by atoms with Crippen LogP contribution < -0.4 is 9.47 Å². The van der Waals surface area contributed by atoms with Gasteiger partial charge in [0.2, 0.25) is 0 Å². The smallest absolute Gasteiger partial charge is 0.123 e. The maximum absolute atomic E-state index is 5.76. The third kappa shape index (κ3) is 3.02. The molecule has 0 bridgehead atoms. The minimum Gasteiger partial charge on any atom is -0.497 e. The summed E-state index contributed by atoms with van der Waals surface area (Å²) in [5, 5.41) is 0. The fourth-order valence-electron chi connectivity index (χ4n) is 1.50. The number of hydrogen-bond donors (Lipinski definition) is 0. The summed E-state index contributed by atoms with van der Waals surface area (Å²) in [5.41, 5.74) is 1.11. The van der Waals surface area contributed by atoms with Gasteiger partial charge in [0, 0.05) is 11.5 Å². The quantitative estimate of drug-likeness (QED) is 0.703. The average molecular weight is 220 g/mol. The van der Waals surface area contributed by atoms with Crippen molar-refractivity contribution >= 4 is 0 Å². The summed E-state index contributed by atoms with van der Waals surface area (Å²) < 4.78 is 11.0. The zero-order valence-electron chi connectivity index (χ0n) is 10.5. The molecule has 0 aromatic heterocycles. The molecule has 0 amide bonds. The number of hydrogen-bond acceptors (Lipinski definition) is 2. The van der Waals surface area contributed by atoms with Crippen molar-refractivity contribution < 1.29 is 9.47 Å². The van der Waals surface area contributed by atoms with E-state index >= 15 is 0 Å². The van der Waals surface area contributed by atoms with Crippen molar-refractivity contribution in [2.24, 2.45) is 0 Å². The first kappa shape index (κ1) is 12.6. The molecule has 16 heavy (non-hydrogen) atoms. The Morgan fingerprint density at radius 1 is 1.25 bits per heavy atom. The van der Waals surface area contributed by atoms with Gasteiger partial charge in [0.1, 0.15) is 11.5 Å². The predicted octanol–water partition coefficient (Wildman–Crippen LogP) is 3.77. The topological polar surface area (TPSA) is 18.5 Å². The molecule has 88 valence electrons. The Labute approximate surface area is 97.9 Å². The van der Waals surface area contributed by atoms with Crippen LogP contribution in [0.2, 0.25) is 0 Å². The SMILES string of the molecule is C=CC(C)c1cc(OC)ccc1OC(C)C. The van der Waals surface area contributed by atoms with Gasteiger partial charge in [-0.3, -0.25) is 0 Å². The van der Waals surface area contributed by atoms with Crippen LogP contribution in [0.4, 0.5) is 0 Å². The minimum absolute atomic E-state index is 0.171. The maximum Gasteiger partial charge on any atom is 0.123 e. The molecular formula is C14H20O2. The molecule has 1 rings (SSSR count). The highest BCUT2D eigenvalue weighted by Gasteiger charge is 2.11. The first-order valence-corrected chi connectivity index (χ1v) is 5.55. The molecule has 0 saturated heterocycles. The van der Waals surface area contributed by atoms with Crippen LogP contribution in [0.5, 0.6) is 11.5 Å². The number of ether oxygens (including phenoxy) is 2. The van der Waals surface area contributed by atoms with E-state index < -0.39 is 0 Å². The summed E-state index contributed by atoms with van der Waals surface area (Å²) in [6, 6.07) is 5.87. The molecule has 0 aliphatic rings. The molecule has 0 radical (unpaired) electrons. The standard InChI is InChI=1S/C14H20O2/c1-6-11(4)13-9-12(15-5)7-8-14(13)16-10(2)3/h6-11H,1H2,2-5H3. The second-order valence-electron chi connectivity index (χ2n) is 4.09. The van der Waals surface area contributed by atoms with E-state index in [1.807, 2.05) is 38.1 Å². The predicted molar refractivity (Wildman–Crippen MR) is 67.4 cm³/mol. The fraction of sp³-hybridized carbons (Fsp3) is 0.429. The van der Waals surface area contributed by atoms with Crippen LogP contribution in [0.3, 0.4) is 0 Å². The van der Waals surface area contributed by atoms with Crippen molar-refractivity contribution in [1.29, 1.82) is 0 Å². The molecule has 0 N–H and O–H groups in total. The van der Waals surface area contributed by atoms with E-state index in [0.717, 1.165) is 17.1 Å². The fourth-order valence-corrected chi connectivity index (χ4v) is 1.50. The largest absolute Gasteiger partial charge is 0.497 e. The molecule has 0 spiro atoms. The Morgan fingerprint density at radius 2 is 1.94 bits per heavy atom. The molecule has 2 nitrogen and oxygen atoms in total. The van der Waals surface area contributed by atoms with Gasteiger partial charge in [-0.05, 0) is 32.0 Å². The molecular weight excluding hydrogens is 200 g/mol. The Hall–Kier alpha value is -1.44. The Balaban J connectivity index is 3.10. The van der Waals surface area contributed by atoms with Gasteiger partial charge < -0.3 is 9.47 Å². The summed E-state index contributed by atoms with van der Waals surface area (Å²) in [6.07, 6.45) is 2.08. The minimum atomic E-state index is 0.171. The molecule has 2 heteroatoms. The molecule has 0 saturated carbocycles. The molecule has 1 aromatic carbocycles. The molecule has 0 fully saturated rings. The highest BCUT2D eigenvalue weighted by Crippen LogP contribution is 2.31. The van der Waals surface area contributed by atoms with Crippen molar-refractivity contribution in [1.82, 2.24) is 0 Å². The van der Waals surface area contributed by atoms with Gasteiger partial charge >= 0.3 is 0 Å². The highest BCUT2D eigenvalue weighted by atomic mass is 16.5. The van der Waals surface area contributed by atoms with Crippen molar-refractivity contribution in [2.75, 3.05) is 7.11 Å². The normalized spacial score (nSPS) is 12.3. The van der Waals surface area contributed by atoms with Crippen LogP contribution in [0, 0.1) is 0 Å². The monoisotopic (exact) mass is 220 g/mol. The van der Waals surface area contributed by atoms with Crippen molar-refractivity contribution in [2.45, 2.75) is 32.8 Å². The van der Waals surface area contributed by atoms with Crippen molar-refractivity contribution in [3.05, 3.63) is 36.4 Å². The van der Waals surface area contributed by atoms with Crippen LogP contribution in [0.25, 0.3) is 0 Å². The van der Waals surface area contributed by atoms with Gasteiger partial charge in [-0.1, -0.05) is 13.0 Å². The van der Waals surface area contributed by atoms with Crippen molar-refractivity contribution in [3.63, 3.8) is 0 Å². The first-order chi connectivity index (χ1) is 7.58. The van der Waals surface area contributed by atoms with E-state index in [-0.39, 0.29) is 12.0 Å².